The number of amides is 2. The fraction of sp³-hybridized carbons (Fsp3) is 0.333. The number of carbonyl (C=O) groups excluding carboxylic acids is 2. The molecular formula is C30H35Cl2N3O6S. The monoisotopic (exact) mass is 635 g/mol. The van der Waals surface area contributed by atoms with Gasteiger partial charge in [-0.2, -0.15) is 0 Å². The molecule has 0 aromatic heterocycles. The van der Waals surface area contributed by atoms with Gasteiger partial charge in [-0.05, 0) is 54.8 Å². The molecule has 0 saturated carbocycles. The maximum Gasteiger partial charge on any atom is 0.264 e. The lowest BCUT2D eigenvalue weighted by Crippen LogP contribution is -2.52. The van der Waals surface area contributed by atoms with Gasteiger partial charge in [-0.15, -0.1) is 0 Å². The zero-order chi connectivity index (χ0) is 30.9. The van der Waals surface area contributed by atoms with Gasteiger partial charge in [-0.25, -0.2) is 8.42 Å². The van der Waals surface area contributed by atoms with E-state index < -0.39 is 28.5 Å². The molecule has 0 radical (unpaired) electrons. The van der Waals surface area contributed by atoms with Gasteiger partial charge in [0.1, 0.15) is 12.6 Å². The number of hydrogen-bond acceptors (Lipinski definition) is 6. The van der Waals surface area contributed by atoms with E-state index in [-0.39, 0.29) is 28.8 Å². The zero-order valence-electron chi connectivity index (χ0n) is 24.0. The average molecular weight is 637 g/mol. The Morgan fingerprint density at radius 2 is 1.60 bits per heavy atom. The van der Waals surface area contributed by atoms with Crippen LogP contribution in [0.5, 0.6) is 11.5 Å². The van der Waals surface area contributed by atoms with Gasteiger partial charge in [0.05, 0.1) is 34.8 Å². The molecule has 226 valence electrons. The highest BCUT2D eigenvalue weighted by Crippen LogP contribution is 2.34. The number of ether oxygens (including phenoxy) is 2. The van der Waals surface area contributed by atoms with E-state index in [4.69, 9.17) is 32.7 Å². The number of carbonyl (C=O) groups is 2. The van der Waals surface area contributed by atoms with Crippen molar-refractivity contribution in [3.63, 3.8) is 0 Å². The van der Waals surface area contributed by atoms with Crippen LogP contribution in [0.2, 0.25) is 10.0 Å². The second-order valence-corrected chi connectivity index (χ2v) is 12.0. The smallest absolute Gasteiger partial charge is 0.264 e. The Morgan fingerprint density at radius 3 is 2.19 bits per heavy atom. The molecule has 0 spiro atoms. The van der Waals surface area contributed by atoms with E-state index in [2.05, 4.69) is 5.32 Å². The van der Waals surface area contributed by atoms with Crippen molar-refractivity contribution in [2.75, 3.05) is 31.6 Å². The maximum absolute atomic E-state index is 14.1. The Morgan fingerprint density at radius 1 is 0.905 bits per heavy atom. The van der Waals surface area contributed by atoms with Crippen molar-refractivity contribution in [3.05, 3.63) is 82.3 Å². The molecule has 0 bridgehead atoms. The highest BCUT2D eigenvalue weighted by molar-refractivity contribution is 7.92. The van der Waals surface area contributed by atoms with Crippen LogP contribution in [0.15, 0.2) is 71.6 Å². The molecule has 0 aliphatic rings. The highest BCUT2D eigenvalue weighted by Gasteiger charge is 2.34. The minimum absolute atomic E-state index is 0.00106. The molecule has 0 aliphatic carbocycles. The summed E-state index contributed by atoms with van der Waals surface area (Å²) in [5.74, 6) is -0.247. The summed E-state index contributed by atoms with van der Waals surface area (Å²) in [5.41, 5.74) is 0.811. The number of nitrogens with zero attached hydrogens (tertiary/aromatic N) is 2. The number of nitrogens with one attached hydrogen (secondary N) is 1. The lowest BCUT2D eigenvalue weighted by atomic mass is 10.1. The summed E-state index contributed by atoms with van der Waals surface area (Å²) in [6.07, 6.45) is 1.01. The summed E-state index contributed by atoms with van der Waals surface area (Å²) in [6.45, 7) is 3.56. The fourth-order valence-corrected chi connectivity index (χ4v) is 6.10. The Kier molecular flexibility index (Phi) is 11.9. The van der Waals surface area contributed by atoms with Crippen molar-refractivity contribution < 1.29 is 27.5 Å². The van der Waals surface area contributed by atoms with Crippen molar-refractivity contribution in [2.45, 2.75) is 44.2 Å². The Hall–Kier alpha value is -3.47. The molecule has 9 nitrogen and oxygen atoms in total. The maximum atomic E-state index is 14.1. The predicted molar refractivity (Wildman–Crippen MR) is 165 cm³/mol. The van der Waals surface area contributed by atoms with Crippen LogP contribution in [0.4, 0.5) is 5.69 Å². The third-order valence-corrected chi connectivity index (χ3v) is 9.06. The summed E-state index contributed by atoms with van der Waals surface area (Å²) >= 11 is 12.3. The van der Waals surface area contributed by atoms with E-state index in [0.717, 1.165) is 4.31 Å². The minimum atomic E-state index is -4.23. The number of hydrogen-bond donors (Lipinski definition) is 1. The van der Waals surface area contributed by atoms with Crippen LogP contribution in [-0.2, 0) is 26.2 Å². The number of sulfonamides is 1. The third kappa shape index (κ3) is 7.87. The van der Waals surface area contributed by atoms with Crippen molar-refractivity contribution >= 4 is 50.7 Å². The summed E-state index contributed by atoms with van der Waals surface area (Å²) < 4.78 is 39.7. The van der Waals surface area contributed by atoms with E-state index in [1.54, 1.807) is 49.4 Å². The van der Waals surface area contributed by atoms with Crippen LogP contribution in [0.1, 0.15) is 32.3 Å². The molecule has 2 amide bonds. The number of halogens is 2. The second kappa shape index (κ2) is 15.1. The number of rotatable bonds is 14. The molecule has 3 rings (SSSR count). The van der Waals surface area contributed by atoms with E-state index in [1.165, 1.54) is 43.4 Å². The van der Waals surface area contributed by atoms with Gasteiger partial charge in [0, 0.05) is 19.2 Å². The number of anilines is 1. The second-order valence-electron chi connectivity index (χ2n) is 9.35. The molecule has 42 heavy (non-hydrogen) atoms. The van der Waals surface area contributed by atoms with Gasteiger partial charge >= 0.3 is 0 Å². The summed E-state index contributed by atoms with van der Waals surface area (Å²) in [5, 5.41) is 3.49. The average Bonchev–Trinajstić information content (AvgIpc) is 3.00. The molecule has 1 N–H and O–H groups in total. The first-order valence-electron chi connectivity index (χ1n) is 13.4. The molecule has 1 atom stereocenters. The Balaban J connectivity index is 2.11. The molecule has 0 fully saturated rings. The molecule has 3 aromatic rings. The largest absolute Gasteiger partial charge is 0.493 e. The quantitative estimate of drug-likeness (QED) is 0.249. The molecular weight excluding hydrogens is 601 g/mol. The normalized spacial score (nSPS) is 11.9. The summed E-state index contributed by atoms with van der Waals surface area (Å²) in [6, 6.07) is 16.4. The first-order chi connectivity index (χ1) is 20.1. The number of benzene rings is 3. The summed E-state index contributed by atoms with van der Waals surface area (Å²) in [7, 11) is -1.33. The summed E-state index contributed by atoms with van der Waals surface area (Å²) in [4.78, 5) is 28.7. The lowest BCUT2D eigenvalue weighted by Gasteiger charge is -2.33. The first kappa shape index (κ1) is 33.0. The van der Waals surface area contributed by atoms with E-state index in [0.29, 0.717) is 40.7 Å². The van der Waals surface area contributed by atoms with Crippen LogP contribution in [-0.4, -0.2) is 58.5 Å². The molecule has 12 heteroatoms. The Labute approximate surface area is 257 Å². The molecule has 0 aliphatic heterocycles. The van der Waals surface area contributed by atoms with Gasteiger partial charge in [-0.1, -0.05) is 61.3 Å². The molecule has 0 heterocycles. The van der Waals surface area contributed by atoms with Gasteiger partial charge in [-0.3, -0.25) is 13.9 Å². The fourth-order valence-electron chi connectivity index (χ4n) is 4.35. The standard InChI is InChI=1S/C30H35Cl2N3O6S/c1-5-16-33-30(37)26(6-2)34(19-21-12-14-24(31)25(32)17-21)29(36)20-35(42(38,39)23-10-8-7-9-11-23)22-13-15-27(40-3)28(18-22)41-4/h7-15,17-18,26H,5-6,16,19-20H2,1-4H3,(H,33,37). The SMILES string of the molecule is CCCNC(=O)C(CC)N(Cc1ccc(Cl)c(Cl)c1)C(=O)CN(c1ccc(OC)c(OC)c1)S(=O)(=O)c1ccccc1. The van der Waals surface area contributed by atoms with Crippen LogP contribution < -0.4 is 19.1 Å². The van der Waals surface area contributed by atoms with Crippen LogP contribution >= 0.6 is 23.2 Å². The van der Waals surface area contributed by atoms with Crippen molar-refractivity contribution in [2.24, 2.45) is 0 Å². The van der Waals surface area contributed by atoms with Crippen molar-refractivity contribution in [1.29, 1.82) is 0 Å². The molecule has 3 aromatic carbocycles. The van der Waals surface area contributed by atoms with Gasteiger partial charge in [0.2, 0.25) is 11.8 Å². The Bertz CT molecular complexity index is 1490. The van der Waals surface area contributed by atoms with Gasteiger partial charge in [0.15, 0.2) is 11.5 Å². The van der Waals surface area contributed by atoms with Gasteiger partial charge in [0.25, 0.3) is 10.0 Å². The highest BCUT2D eigenvalue weighted by atomic mass is 35.5. The lowest BCUT2D eigenvalue weighted by molar-refractivity contribution is -0.140. The number of methoxy groups -OCH3 is 2. The van der Waals surface area contributed by atoms with E-state index in [9.17, 15) is 18.0 Å². The van der Waals surface area contributed by atoms with Crippen LogP contribution in [0, 0.1) is 0 Å². The van der Waals surface area contributed by atoms with E-state index in [1.807, 2.05) is 6.92 Å². The van der Waals surface area contributed by atoms with Crippen LogP contribution in [0.3, 0.4) is 0 Å². The van der Waals surface area contributed by atoms with E-state index >= 15 is 0 Å². The molecule has 1 unspecified atom stereocenters. The third-order valence-electron chi connectivity index (χ3n) is 6.54. The zero-order valence-corrected chi connectivity index (χ0v) is 26.3. The topological polar surface area (TPSA) is 105 Å². The first-order valence-corrected chi connectivity index (χ1v) is 15.6. The van der Waals surface area contributed by atoms with Gasteiger partial charge < -0.3 is 19.7 Å². The minimum Gasteiger partial charge on any atom is -0.493 e. The van der Waals surface area contributed by atoms with Crippen molar-refractivity contribution in [3.8, 4) is 11.5 Å². The van der Waals surface area contributed by atoms with Crippen LogP contribution in [0.25, 0.3) is 0 Å². The predicted octanol–water partition coefficient (Wildman–Crippen LogP) is 5.54. The van der Waals surface area contributed by atoms with Crippen molar-refractivity contribution in [1.82, 2.24) is 10.2 Å². The molecule has 0 saturated heterocycles.